The lowest BCUT2D eigenvalue weighted by atomic mass is 9.90. The molecule has 2 aromatic rings. The zero-order chi connectivity index (χ0) is 22.1. The maximum absolute atomic E-state index is 13.0. The summed E-state index contributed by atoms with van der Waals surface area (Å²) in [4.78, 5) is 35.9. The molecular formula is C22H32N6O2. The standard InChI is InChI=1S/C22H32N6O2/c1-21(2,3)16-14-17(28(26-16)20-23-10-7-11-24-20)25-18(29)15-8-12-27(13-9-15)19(30)22(4,5)6/h7,10-11,14-15H,8-9,12-13H2,1-6H3,(H,25,29). The summed E-state index contributed by atoms with van der Waals surface area (Å²) in [5, 5.41) is 7.66. The van der Waals surface area contributed by atoms with Crippen molar-refractivity contribution in [3.8, 4) is 5.95 Å². The molecule has 1 saturated heterocycles. The van der Waals surface area contributed by atoms with E-state index in [1.807, 2.05) is 31.7 Å². The van der Waals surface area contributed by atoms with E-state index in [1.54, 1.807) is 23.1 Å². The minimum absolute atomic E-state index is 0.0598. The summed E-state index contributed by atoms with van der Waals surface area (Å²) in [5.74, 6) is 0.899. The summed E-state index contributed by atoms with van der Waals surface area (Å²) in [6, 6.07) is 3.62. The average Bonchev–Trinajstić information content (AvgIpc) is 3.12. The van der Waals surface area contributed by atoms with Gasteiger partial charge in [-0.25, -0.2) is 9.97 Å². The van der Waals surface area contributed by atoms with Gasteiger partial charge in [0, 0.05) is 48.3 Å². The van der Waals surface area contributed by atoms with Crippen LogP contribution in [0.5, 0.6) is 0 Å². The molecular weight excluding hydrogens is 380 g/mol. The molecule has 0 aromatic carbocycles. The first kappa shape index (κ1) is 21.9. The molecule has 1 fully saturated rings. The number of hydrogen-bond donors (Lipinski definition) is 1. The third kappa shape index (κ3) is 4.86. The Bertz CT molecular complexity index is 900. The number of piperidine rings is 1. The Labute approximate surface area is 178 Å². The van der Waals surface area contributed by atoms with E-state index in [0.29, 0.717) is 37.7 Å². The zero-order valence-corrected chi connectivity index (χ0v) is 18.8. The molecule has 2 aromatic heterocycles. The van der Waals surface area contributed by atoms with Gasteiger partial charge in [-0.1, -0.05) is 41.5 Å². The summed E-state index contributed by atoms with van der Waals surface area (Å²) >= 11 is 0. The molecule has 3 rings (SSSR count). The Kier molecular flexibility index (Phi) is 5.97. The number of likely N-dealkylation sites (tertiary alicyclic amines) is 1. The fourth-order valence-corrected chi connectivity index (χ4v) is 3.44. The summed E-state index contributed by atoms with van der Waals surface area (Å²) in [6.07, 6.45) is 4.59. The molecule has 0 saturated carbocycles. The minimum Gasteiger partial charge on any atom is -0.342 e. The van der Waals surface area contributed by atoms with Crippen molar-refractivity contribution in [2.24, 2.45) is 11.3 Å². The van der Waals surface area contributed by atoms with Gasteiger partial charge in [0.2, 0.25) is 11.8 Å². The Morgan fingerprint density at radius 1 is 1.03 bits per heavy atom. The fraction of sp³-hybridized carbons (Fsp3) is 0.591. The maximum atomic E-state index is 13.0. The lowest BCUT2D eigenvalue weighted by Gasteiger charge is -2.35. The molecule has 0 atom stereocenters. The van der Waals surface area contributed by atoms with Crippen LogP contribution in [0.1, 0.15) is 60.1 Å². The molecule has 8 nitrogen and oxygen atoms in total. The van der Waals surface area contributed by atoms with Gasteiger partial charge in [0.1, 0.15) is 5.82 Å². The second kappa shape index (κ2) is 8.16. The normalized spacial score (nSPS) is 15.9. The second-order valence-electron chi connectivity index (χ2n) is 9.93. The Morgan fingerprint density at radius 3 is 2.17 bits per heavy atom. The van der Waals surface area contributed by atoms with E-state index in [0.717, 1.165) is 5.69 Å². The molecule has 0 bridgehead atoms. The van der Waals surface area contributed by atoms with Crippen LogP contribution in [0.3, 0.4) is 0 Å². The van der Waals surface area contributed by atoms with Gasteiger partial charge < -0.3 is 10.2 Å². The van der Waals surface area contributed by atoms with E-state index in [9.17, 15) is 9.59 Å². The lowest BCUT2D eigenvalue weighted by molar-refractivity contribution is -0.142. The first-order valence-corrected chi connectivity index (χ1v) is 10.4. The van der Waals surface area contributed by atoms with Crippen LogP contribution >= 0.6 is 0 Å². The predicted molar refractivity (Wildman–Crippen MR) is 115 cm³/mol. The van der Waals surface area contributed by atoms with Crippen LogP contribution in [0.4, 0.5) is 5.82 Å². The molecule has 8 heteroatoms. The third-order valence-corrected chi connectivity index (χ3v) is 5.27. The molecule has 1 aliphatic heterocycles. The smallest absolute Gasteiger partial charge is 0.252 e. The summed E-state index contributed by atoms with van der Waals surface area (Å²) in [7, 11) is 0. The fourth-order valence-electron chi connectivity index (χ4n) is 3.44. The molecule has 3 heterocycles. The number of aromatic nitrogens is 4. The molecule has 0 radical (unpaired) electrons. The van der Waals surface area contributed by atoms with Gasteiger partial charge in [0.25, 0.3) is 5.95 Å². The lowest BCUT2D eigenvalue weighted by Crippen LogP contribution is -2.45. The largest absolute Gasteiger partial charge is 0.342 e. The van der Waals surface area contributed by atoms with E-state index in [4.69, 9.17) is 0 Å². The van der Waals surface area contributed by atoms with Crippen molar-refractivity contribution < 1.29 is 9.59 Å². The number of carbonyl (C=O) groups excluding carboxylic acids is 2. The first-order chi connectivity index (χ1) is 14.0. The highest BCUT2D eigenvalue weighted by atomic mass is 16.2. The number of anilines is 1. The van der Waals surface area contributed by atoms with Gasteiger partial charge in [-0.2, -0.15) is 9.78 Å². The van der Waals surface area contributed by atoms with Crippen LogP contribution in [0.25, 0.3) is 5.95 Å². The van der Waals surface area contributed by atoms with Crippen LogP contribution in [-0.2, 0) is 15.0 Å². The van der Waals surface area contributed by atoms with Crippen molar-refractivity contribution in [1.82, 2.24) is 24.6 Å². The van der Waals surface area contributed by atoms with E-state index in [2.05, 4.69) is 41.2 Å². The molecule has 1 N–H and O–H groups in total. The topological polar surface area (TPSA) is 93.0 Å². The van der Waals surface area contributed by atoms with Gasteiger partial charge in [0.15, 0.2) is 0 Å². The van der Waals surface area contributed by atoms with Crippen molar-refractivity contribution >= 4 is 17.6 Å². The highest BCUT2D eigenvalue weighted by Crippen LogP contribution is 2.27. The van der Waals surface area contributed by atoms with E-state index in [-0.39, 0.29) is 23.1 Å². The molecule has 0 spiro atoms. The van der Waals surface area contributed by atoms with Gasteiger partial charge in [-0.3, -0.25) is 9.59 Å². The van der Waals surface area contributed by atoms with Crippen molar-refractivity contribution in [1.29, 1.82) is 0 Å². The minimum atomic E-state index is -0.402. The number of amides is 2. The van der Waals surface area contributed by atoms with E-state index in [1.165, 1.54) is 0 Å². The number of nitrogens with one attached hydrogen (secondary N) is 1. The van der Waals surface area contributed by atoms with E-state index < -0.39 is 5.41 Å². The third-order valence-electron chi connectivity index (χ3n) is 5.27. The van der Waals surface area contributed by atoms with Crippen LogP contribution in [0, 0.1) is 11.3 Å². The highest BCUT2D eigenvalue weighted by Gasteiger charge is 2.33. The van der Waals surface area contributed by atoms with Gasteiger partial charge >= 0.3 is 0 Å². The Balaban J connectivity index is 1.74. The van der Waals surface area contributed by atoms with Gasteiger partial charge in [0.05, 0.1) is 5.69 Å². The molecule has 0 aliphatic carbocycles. The number of rotatable bonds is 3. The molecule has 0 unspecified atom stereocenters. The summed E-state index contributed by atoms with van der Waals surface area (Å²) in [5.41, 5.74) is 0.259. The average molecular weight is 413 g/mol. The molecule has 2 amide bonds. The predicted octanol–water partition coefficient (Wildman–Crippen LogP) is 3.18. The van der Waals surface area contributed by atoms with Crippen LogP contribution in [-0.4, -0.2) is 49.6 Å². The van der Waals surface area contributed by atoms with Crippen molar-refractivity contribution in [2.75, 3.05) is 18.4 Å². The number of nitrogens with zero attached hydrogens (tertiary/aromatic N) is 5. The monoisotopic (exact) mass is 412 g/mol. The Morgan fingerprint density at radius 2 is 1.63 bits per heavy atom. The number of carbonyl (C=O) groups is 2. The first-order valence-electron chi connectivity index (χ1n) is 10.4. The highest BCUT2D eigenvalue weighted by molar-refractivity contribution is 5.92. The van der Waals surface area contributed by atoms with Crippen molar-refractivity contribution in [3.05, 3.63) is 30.2 Å². The van der Waals surface area contributed by atoms with Crippen LogP contribution in [0.15, 0.2) is 24.5 Å². The SMILES string of the molecule is CC(C)(C)C(=O)N1CCC(C(=O)Nc2cc(C(C)(C)C)nn2-c2ncccn2)CC1. The van der Waals surface area contributed by atoms with Crippen LogP contribution in [0.2, 0.25) is 0 Å². The summed E-state index contributed by atoms with van der Waals surface area (Å²) < 4.78 is 1.58. The van der Waals surface area contributed by atoms with Gasteiger partial charge in [-0.05, 0) is 18.9 Å². The van der Waals surface area contributed by atoms with Crippen LogP contribution < -0.4 is 5.32 Å². The summed E-state index contributed by atoms with van der Waals surface area (Å²) in [6.45, 7) is 13.2. The zero-order valence-electron chi connectivity index (χ0n) is 18.8. The van der Waals surface area contributed by atoms with Gasteiger partial charge in [-0.15, -0.1) is 0 Å². The molecule has 1 aliphatic rings. The number of hydrogen-bond acceptors (Lipinski definition) is 5. The van der Waals surface area contributed by atoms with E-state index >= 15 is 0 Å². The second-order valence-corrected chi connectivity index (χ2v) is 9.93. The maximum Gasteiger partial charge on any atom is 0.252 e. The quantitative estimate of drug-likeness (QED) is 0.836. The van der Waals surface area contributed by atoms with Crippen molar-refractivity contribution in [2.45, 2.75) is 59.8 Å². The Hall–Kier alpha value is -2.77. The molecule has 30 heavy (non-hydrogen) atoms. The molecule has 162 valence electrons. The van der Waals surface area contributed by atoms with Crippen molar-refractivity contribution in [3.63, 3.8) is 0 Å².